The Bertz CT molecular complexity index is 793. The highest BCUT2D eigenvalue weighted by Crippen LogP contribution is 2.16. The molecule has 2 heterocycles. The van der Waals surface area contributed by atoms with Gasteiger partial charge in [0.2, 0.25) is 0 Å². The maximum absolute atomic E-state index is 11.0. The number of carbonyl (C=O) groups is 1. The van der Waals surface area contributed by atoms with Crippen molar-refractivity contribution in [1.82, 2.24) is 9.38 Å². The molecular weight excluding hydrogens is 256 g/mol. The lowest BCUT2D eigenvalue weighted by Gasteiger charge is -2.03. The van der Waals surface area contributed by atoms with Crippen molar-refractivity contribution in [2.75, 3.05) is 0 Å². The lowest BCUT2D eigenvalue weighted by atomic mass is 10.1. The number of rotatable bonds is 3. The van der Waals surface area contributed by atoms with E-state index < -0.39 is 5.97 Å². The molecule has 0 aliphatic heterocycles. The van der Waals surface area contributed by atoms with Crippen LogP contribution in [0.25, 0.3) is 5.52 Å². The van der Waals surface area contributed by atoms with Crippen LogP contribution in [0.1, 0.15) is 21.7 Å². The minimum Gasteiger partial charge on any atom is -0.508 e. The molecule has 0 spiro atoms. The Labute approximate surface area is 114 Å². The first-order valence-electron chi connectivity index (χ1n) is 6.11. The van der Waals surface area contributed by atoms with Gasteiger partial charge in [-0.05, 0) is 29.8 Å². The fraction of sp³-hybridized carbons (Fsp3) is 0.0667. The number of hydrogen-bond acceptors (Lipinski definition) is 3. The van der Waals surface area contributed by atoms with Gasteiger partial charge in [0, 0.05) is 12.6 Å². The smallest absolute Gasteiger partial charge is 0.337 e. The van der Waals surface area contributed by atoms with Gasteiger partial charge in [-0.15, -0.1) is 0 Å². The van der Waals surface area contributed by atoms with Gasteiger partial charge >= 0.3 is 5.97 Å². The fourth-order valence-corrected chi connectivity index (χ4v) is 2.15. The molecule has 0 bridgehead atoms. The van der Waals surface area contributed by atoms with Crippen molar-refractivity contribution in [2.24, 2.45) is 0 Å². The number of nitrogens with zero attached hydrogens (tertiary/aromatic N) is 2. The van der Waals surface area contributed by atoms with E-state index in [2.05, 4.69) is 4.98 Å². The number of pyridine rings is 1. The number of aromatic nitrogens is 2. The summed E-state index contributed by atoms with van der Waals surface area (Å²) in [7, 11) is 0. The summed E-state index contributed by atoms with van der Waals surface area (Å²) in [4.78, 5) is 15.3. The number of carboxylic acids is 1. The molecule has 1 aromatic carbocycles. The number of imidazole rings is 1. The van der Waals surface area contributed by atoms with Crippen LogP contribution in [0.2, 0.25) is 0 Å². The highest BCUT2D eigenvalue weighted by atomic mass is 16.4. The topological polar surface area (TPSA) is 74.8 Å². The number of fused-ring (bicyclic) bond motifs is 1. The van der Waals surface area contributed by atoms with E-state index in [1.165, 1.54) is 0 Å². The second kappa shape index (κ2) is 4.70. The van der Waals surface area contributed by atoms with E-state index in [0.29, 0.717) is 6.42 Å². The summed E-state index contributed by atoms with van der Waals surface area (Å²) in [5, 5.41) is 18.5. The third-order valence-corrected chi connectivity index (χ3v) is 3.12. The molecule has 0 radical (unpaired) electrons. The molecular formula is C15H12N2O3. The lowest BCUT2D eigenvalue weighted by Crippen LogP contribution is -2.01. The van der Waals surface area contributed by atoms with Crippen LogP contribution in [0.15, 0.2) is 48.8 Å². The van der Waals surface area contributed by atoms with Gasteiger partial charge in [-0.1, -0.05) is 12.1 Å². The standard InChI is InChI=1S/C15H12N2O3/c18-13-3-1-2-10(6-13)7-14-16-8-12-5-4-11(15(19)20)9-17(12)14/h1-6,8-9,18H,7H2,(H,19,20). The fourth-order valence-electron chi connectivity index (χ4n) is 2.15. The van der Waals surface area contributed by atoms with E-state index in [4.69, 9.17) is 5.11 Å². The maximum atomic E-state index is 11.0. The summed E-state index contributed by atoms with van der Waals surface area (Å²) in [6, 6.07) is 10.2. The number of aromatic carboxylic acids is 1. The molecule has 0 fully saturated rings. The molecule has 20 heavy (non-hydrogen) atoms. The van der Waals surface area contributed by atoms with E-state index >= 15 is 0 Å². The number of aromatic hydroxyl groups is 1. The molecule has 5 nitrogen and oxygen atoms in total. The summed E-state index contributed by atoms with van der Waals surface area (Å²) < 4.78 is 1.76. The van der Waals surface area contributed by atoms with Crippen molar-refractivity contribution in [3.05, 3.63) is 65.7 Å². The van der Waals surface area contributed by atoms with E-state index in [0.717, 1.165) is 16.9 Å². The number of benzene rings is 1. The van der Waals surface area contributed by atoms with Crippen molar-refractivity contribution in [1.29, 1.82) is 0 Å². The highest BCUT2D eigenvalue weighted by molar-refractivity contribution is 5.87. The molecule has 3 rings (SSSR count). The summed E-state index contributed by atoms with van der Waals surface area (Å²) in [5.74, 6) is -0.0350. The van der Waals surface area contributed by atoms with Crippen molar-refractivity contribution in [2.45, 2.75) is 6.42 Å². The third-order valence-electron chi connectivity index (χ3n) is 3.12. The average Bonchev–Trinajstić information content (AvgIpc) is 2.81. The van der Waals surface area contributed by atoms with Gasteiger partial charge in [0.1, 0.15) is 11.6 Å². The zero-order valence-electron chi connectivity index (χ0n) is 10.5. The molecule has 0 atom stereocenters. The molecule has 2 aromatic heterocycles. The summed E-state index contributed by atoms with van der Waals surface area (Å²) in [6.45, 7) is 0. The van der Waals surface area contributed by atoms with Crippen LogP contribution < -0.4 is 0 Å². The zero-order valence-corrected chi connectivity index (χ0v) is 10.5. The largest absolute Gasteiger partial charge is 0.508 e. The van der Waals surface area contributed by atoms with E-state index in [-0.39, 0.29) is 11.3 Å². The predicted octanol–water partition coefficient (Wildman–Crippen LogP) is 2.33. The minimum atomic E-state index is -0.969. The van der Waals surface area contributed by atoms with Gasteiger partial charge in [0.15, 0.2) is 0 Å². The average molecular weight is 268 g/mol. The Hall–Kier alpha value is -2.82. The molecule has 0 saturated heterocycles. The van der Waals surface area contributed by atoms with Gasteiger partial charge in [0.05, 0.1) is 17.3 Å². The Morgan fingerprint density at radius 1 is 1.25 bits per heavy atom. The quantitative estimate of drug-likeness (QED) is 0.764. The Balaban J connectivity index is 2.03. The lowest BCUT2D eigenvalue weighted by molar-refractivity contribution is 0.0696. The first-order chi connectivity index (χ1) is 9.63. The van der Waals surface area contributed by atoms with Crippen LogP contribution in [0.5, 0.6) is 5.75 Å². The molecule has 0 saturated carbocycles. The molecule has 2 N–H and O–H groups in total. The molecule has 0 amide bonds. The molecule has 100 valence electrons. The Morgan fingerprint density at radius 3 is 2.85 bits per heavy atom. The second-order valence-corrected chi connectivity index (χ2v) is 4.54. The van der Waals surface area contributed by atoms with E-state index in [1.807, 2.05) is 6.07 Å². The second-order valence-electron chi connectivity index (χ2n) is 4.54. The van der Waals surface area contributed by atoms with E-state index in [9.17, 15) is 9.90 Å². The van der Waals surface area contributed by atoms with Crippen LogP contribution in [-0.2, 0) is 6.42 Å². The van der Waals surface area contributed by atoms with Crippen LogP contribution in [-0.4, -0.2) is 25.6 Å². The molecule has 0 aliphatic carbocycles. The SMILES string of the molecule is O=C(O)c1ccc2cnc(Cc3cccc(O)c3)n2c1. The van der Waals surface area contributed by atoms with Gasteiger partial charge in [0.25, 0.3) is 0 Å². The summed E-state index contributed by atoms with van der Waals surface area (Å²) >= 11 is 0. The molecule has 0 aliphatic rings. The number of carboxylic acid groups (broad SMARTS) is 1. The summed E-state index contributed by atoms with van der Waals surface area (Å²) in [5.41, 5.74) is 1.97. The van der Waals surface area contributed by atoms with Crippen LogP contribution in [0.3, 0.4) is 0 Å². The molecule has 5 heteroatoms. The van der Waals surface area contributed by atoms with Crippen molar-refractivity contribution < 1.29 is 15.0 Å². The van der Waals surface area contributed by atoms with Gasteiger partial charge < -0.3 is 14.6 Å². The summed E-state index contributed by atoms with van der Waals surface area (Å²) in [6.07, 6.45) is 3.78. The van der Waals surface area contributed by atoms with Gasteiger partial charge in [-0.25, -0.2) is 9.78 Å². The zero-order chi connectivity index (χ0) is 14.1. The molecule has 3 aromatic rings. The van der Waals surface area contributed by atoms with Gasteiger partial charge in [-0.2, -0.15) is 0 Å². The number of phenolic OH excluding ortho intramolecular Hbond substituents is 1. The maximum Gasteiger partial charge on any atom is 0.337 e. The monoisotopic (exact) mass is 268 g/mol. The first-order valence-corrected chi connectivity index (χ1v) is 6.11. The van der Waals surface area contributed by atoms with Crippen molar-refractivity contribution in [3.8, 4) is 5.75 Å². The van der Waals surface area contributed by atoms with Crippen LogP contribution in [0, 0.1) is 0 Å². The third kappa shape index (κ3) is 2.21. The Morgan fingerprint density at radius 2 is 2.10 bits per heavy atom. The van der Waals surface area contributed by atoms with Crippen LogP contribution >= 0.6 is 0 Å². The van der Waals surface area contributed by atoms with Crippen LogP contribution in [0.4, 0.5) is 0 Å². The number of hydrogen-bond donors (Lipinski definition) is 2. The van der Waals surface area contributed by atoms with E-state index in [1.54, 1.807) is 47.1 Å². The van der Waals surface area contributed by atoms with Gasteiger partial charge in [-0.3, -0.25) is 0 Å². The number of phenols is 1. The van der Waals surface area contributed by atoms with Crippen molar-refractivity contribution >= 4 is 11.5 Å². The Kier molecular flexibility index (Phi) is 2.87. The highest BCUT2D eigenvalue weighted by Gasteiger charge is 2.08. The normalized spacial score (nSPS) is 10.8. The minimum absolute atomic E-state index is 0.203. The predicted molar refractivity (Wildman–Crippen MR) is 73.1 cm³/mol. The van der Waals surface area contributed by atoms with Crippen molar-refractivity contribution in [3.63, 3.8) is 0 Å². The first kappa shape index (κ1) is 12.2. The molecule has 0 unspecified atom stereocenters.